The van der Waals surface area contributed by atoms with Gasteiger partial charge < -0.3 is 29.2 Å². The molecule has 0 aliphatic carbocycles. The van der Waals surface area contributed by atoms with E-state index >= 15 is 0 Å². The molecule has 1 N–H and O–H groups in total. The van der Waals surface area contributed by atoms with E-state index in [9.17, 15) is 14.9 Å². The number of anilines is 3. The maximum absolute atomic E-state index is 12.0. The van der Waals surface area contributed by atoms with Crippen molar-refractivity contribution in [2.45, 2.75) is 32.3 Å². The third-order valence-corrected chi connectivity index (χ3v) is 5.26. The fourth-order valence-corrected chi connectivity index (χ4v) is 3.71. The van der Waals surface area contributed by atoms with Gasteiger partial charge in [0.15, 0.2) is 11.5 Å². The molecular formula is C21H25N5O7. The topological polar surface area (TPSA) is 138 Å². The number of carbonyl (C=O) groups is 1. The van der Waals surface area contributed by atoms with Crippen LogP contribution < -0.4 is 19.7 Å². The van der Waals surface area contributed by atoms with Crippen molar-refractivity contribution in [3.63, 3.8) is 0 Å². The number of hydrogen-bond donors (Lipinski definition) is 1. The SMILES string of the molecule is CCOC(=O)OC1CCN(c2ncnc(Nc3ccc4c(c3)OCCCO4)c2[N+](=O)[O-])CC1. The van der Waals surface area contributed by atoms with Crippen LogP contribution in [-0.2, 0) is 9.47 Å². The summed E-state index contributed by atoms with van der Waals surface area (Å²) in [6, 6.07) is 5.23. The number of ether oxygens (including phenoxy) is 4. The molecule has 12 heteroatoms. The number of piperidine rings is 1. The first kappa shape index (κ1) is 22.4. The van der Waals surface area contributed by atoms with Gasteiger partial charge in [-0.25, -0.2) is 14.8 Å². The third-order valence-electron chi connectivity index (χ3n) is 5.26. The van der Waals surface area contributed by atoms with E-state index in [-0.39, 0.29) is 30.0 Å². The lowest BCUT2D eigenvalue weighted by Gasteiger charge is -2.31. The van der Waals surface area contributed by atoms with Crippen LogP contribution in [0.5, 0.6) is 11.5 Å². The summed E-state index contributed by atoms with van der Waals surface area (Å²) >= 11 is 0. The van der Waals surface area contributed by atoms with Gasteiger partial charge in [0.1, 0.15) is 12.4 Å². The van der Waals surface area contributed by atoms with Crippen LogP contribution in [0.1, 0.15) is 26.2 Å². The number of carbonyl (C=O) groups excluding carboxylic acids is 1. The van der Waals surface area contributed by atoms with Crippen molar-refractivity contribution in [1.82, 2.24) is 9.97 Å². The molecular weight excluding hydrogens is 434 g/mol. The Bertz CT molecular complexity index is 1010. The molecule has 4 rings (SSSR count). The van der Waals surface area contributed by atoms with Crippen molar-refractivity contribution in [3.8, 4) is 11.5 Å². The standard InChI is InChI=1S/C21H25N5O7/c1-2-30-21(27)33-15-6-8-25(9-7-15)20-18(26(28)29)19(22-13-23-20)24-14-4-5-16-17(12-14)32-11-3-10-31-16/h4-5,12-13,15H,2-3,6-11H2,1H3,(H,22,23,24). The molecule has 176 valence electrons. The Morgan fingerprint density at radius 2 is 2.00 bits per heavy atom. The average molecular weight is 459 g/mol. The van der Waals surface area contributed by atoms with Gasteiger partial charge in [0, 0.05) is 44.1 Å². The molecule has 0 spiro atoms. The summed E-state index contributed by atoms with van der Waals surface area (Å²) in [4.78, 5) is 33.1. The Balaban J connectivity index is 1.51. The Morgan fingerprint density at radius 3 is 2.73 bits per heavy atom. The van der Waals surface area contributed by atoms with Crippen molar-refractivity contribution in [3.05, 3.63) is 34.6 Å². The number of hydrogen-bond acceptors (Lipinski definition) is 11. The summed E-state index contributed by atoms with van der Waals surface area (Å²) in [5.41, 5.74) is 0.350. The van der Waals surface area contributed by atoms with Crippen LogP contribution >= 0.6 is 0 Å². The lowest BCUT2D eigenvalue weighted by molar-refractivity contribution is -0.383. The van der Waals surface area contributed by atoms with Crippen molar-refractivity contribution < 1.29 is 28.7 Å². The molecule has 1 aromatic carbocycles. The van der Waals surface area contributed by atoms with E-state index in [1.165, 1.54) is 6.33 Å². The van der Waals surface area contributed by atoms with E-state index in [1.807, 2.05) is 0 Å². The second-order valence-corrected chi connectivity index (χ2v) is 7.48. The van der Waals surface area contributed by atoms with Gasteiger partial charge in [-0.05, 0) is 19.1 Å². The number of nitro groups is 1. The lowest BCUT2D eigenvalue weighted by Crippen LogP contribution is -2.38. The quantitative estimate of drug-likeness (QED) is 0.386. The van der Waals surface area contributed by atoms with Crippen LogP contribution in [0.15, 0.2) is 24.5 Å². The normalized spacial score (nSPS) is 16.0. The van der Waals surface area contributed by atoms with Crippen LogP contribution in [0.25, 0.3) is 0 Å². The van der Waals surface area contributed by atoms with Crippen LogP contribution in [-0.4, -0.2) is 60.1 Å². The summed E-state index contributed by atoms with van der Waals surface area (Å²) in [5.74, 6) is 1.48. The Labute approximate surface area is 190 Å². The minimum Gasteiger partial charge on any atom is -0.490 e. The maximum Gasteiger partial charge on any atom is 0.508 e. The van der Waals surface area contributed by atoms with E-state index in [0.29, 0.717) is 56.3 Å². The molecule has 1 saturated heterocycles. The predicted octanol–water partition coefficient (Wildman–Crippen LogP) is 3.43. The first-order valence-electron chi connectivity index (χ1n) is 10.8. The summed E-state index contributed by atoms with van der Waals surface area (Å²) in [6.07, 6.45) is 2.07. The summed E-state index contributed by atoms with van der Waals surface area (Å²) in [5, 5.41) is 15.0. The van der Waals surface area contributed by atoms with Gasteiger partial charge in [0.2, 0.25) is 11.6 Å². The van der Waals surface area contributed by atoms with Crippen molar-refractivity contribution in [2.24, 2.45) is 0 Å². The highest BCUT2D eigenvalue weighted by Crippen LogP contribution is 2.37. The number of aromatic nitrogens is 2. The first-order valence-corrected chi connectivity index (χ1v) is 10.8. The maximum atomic E-state index is 12.0. The Kier molecular flexibility index (Phi) is 6.91. The van der Waals surface area contributed by atoms with Gasteiger partial charge in [0.25, 0.3) is 0 Å². The van der Waals surface area contributed by atoms with Crippen LogP contribution in [0.2, 0.25) is 0 Å². The molecule has 1 aromatic heterocycles. The minimum atomic E-state index is -0.703. The Morgan fingerprint density at radius 1 is 1.24 bits per heavy atom. The zero-order valence-corrected chi connectivity index (χ0v) is 18.2. The van der Waals surface area contributed by atoms with Gasteiger partial charge in [-0.15, -0.1) is 0 Å². The first-order chi connectivity index (χ1) is 16.0. The van der Waals surface area contributed by atoms with E-state index in [0.717, 1.165) is 6.42 Å². The third kappa shape index (κ3) is 5.33. The Hall–Kier alpha value is -3.83. The average Bonchev–Trinajstić information content (AvgIpc) is 3.04. The molecule has 0 radical (unpaired) electrons. The van der Waals surface area contributed by atoms with Crippen LogP contribution in [0.4, 0.5) is 27.8 Å². The summed E-state index contributed by atoms with van der Waals surface area (Å²) in [6.45, 7) is 3.92. The smallest absolute Gasteiger partial charge is 0.490 e. The van der Waals surface area contributed by atoms with Gasteiger partial charge in [0.05, 0.1) is 24.7 Å². The molecule has 2 aliphatic rings. The van der Waals surface area contributed by atoms with Crippen molar-refractivity contribution in [2.75, 3.05) is 43.1 Å². The molecule has 12 nitrogen and oxygen atoms in total. The largest absolute Gasteiger partial charge is 0.508 e. The molecule has 0 saturated carbocycles. The molecule has 3 heterocycles. The summed E-state index contributed by atoms with van der Waals surface area (Å²) < 4.78 is 21.4. The number of nitrogens with zero attached hydrogens (tertiary/aromatic N) is 4. The van der Waals surface area contributed by atoms with E-state index in [2.05, 4.69) is 15.3 Å². The second-order valence-electron chi connectivity index (χ2n) is 7.48. The van der Waals surface area contributed by atoms with Gasteiger partial charge in [-0.2, -0.15) is 0 Å². The molecule has 0 amide bonds. The fraction of sp³-hybridized carbons (Fsp3) is 0.476. The van der Waals surface area contributed by atoms with Crippen LogP contribution in [0.3, 0.4) is 0 Å². The number of nitrogens with one attached hydrogen (secondary N) is 1. The highest BCUT2D eigenvalue weighted by Gasteiger charge is 2.31. The molecule has 1 fully saturated rings. The lowest BCUT2D eigenvalue weighted by atomic mass is 10.1. The van der Waals surface area contributed by atoms with E-state index in [4.69, 9.17) is 18.9 Å². The number of rotatable bonds is 6. The van der Waals surface area contributed by atoms with Crippen molar-refractivity contribution in [1.29, 1.82) is 0 Å². The molecule has 33 heavy (non-hydrogen) atoms. The minimum absolute atomic E-state index is 0.0735. The molecule has 0 unspecified atom stereocenters. The monoisotopic (exact) mass is 459 g/mol. The molecule has 2 aliphatic heterocycles. The summed E-state index contributed by atoms with van der Waals surface area (Å²) in [7, 11) is 0. The van der Waals surface area contributed by atoms with Gasteiger partial charge >= 0.3 is 11.8 Å². The highest BCUT2D eigenvalue weighted by atomic mass is 16.7. The van der Waals surface area contributed by atoms with E-state index in [1.54, 1.807) is 30.0 Å². The molecule has 2 aromatic rings. The fourth-order valence-electron chi connectivity index (χ4n) is 3.71. The zero-order chi connectivity index (χ0) is 23.2. The molecule has 0 bridgehead atoms. The van der Waals surface area contributed by atoms with Gasteiger partial charge in [-0.3, -0.25) is 10.1 Å². The van der Waals surface area contributed by atoms with Crippen LogP contribution in [0, 0.1) is 10.1 Å². The molecule has 0 atom stereocenters. The zero-order valence-electron chi connectivity index (χ0n) is 18.2. The van der Waals surface area contributed by atoms with Crippen molar-refractivity contribution >= 4 is 29.2 Å². The number of fused-ring (bicyclic) bond motifs is 1. The number of benzene rings is 1. The van der Waals surface area contributed by atoms with Gasteiger partial charge in [-0.1, -0.05) is 0 Å². The van der Waals surface area contributed by atoms with E-state index < -0.39 is 11.1 Å². The highest BCUT2D eigenvalue weighted by molar-refractivity contribution is 5.75. The second kappa shape index (κ2) is 10.2. The predicted molar refractivity (Wildman–Crippen MR) is 117 cm³/mol.